The van der Waals surface area contributed by atoms with Gasteiger partial charge in [0.15, 0.2) is 6.10 Å². The average molecular weight is 477 g/mol. The van der Waals surface area contributed by atoms with E-state index >= 15 is 0 Å². The second-order valence-electron chi connectivity index (χ2n) is 11.2. The number of rotatable bonds is 7. The third-order valence-electron chi connectivity index (χ3n) is 9.15. The zero-order valence-corrected chi connectivity index (χ0v) is 19.7. The topological polar surface area (TPSA) is 72.8 Å². The van der Waals surface area contributed by atoms with E-state index < -0.39 is 29.9 Å². The molecule has 0 saturated heterocycles. The number of carbonyl (C=O) groups is 2. The lowest BCUT2D eigenvalue weighted by molar-refractivity contribution is -0.189. The summed E-state index contributed by atoms with van der Waals surface area (Å²) in [5, 5.41) is 9.07. The molecule has 4 fully saturated rings. The van der Waals surface area contributed by atoms with Gasteiger partial charge in [-0.05, 0) is 87.5 Å². The molecule has 0 radical (unpaired) electrons. The highest BCUT2D eigenvalue weighted by molar-refractivity contribution is 5.90. The minimum Gasteiger partial charge on any atom is -0.487 e. The average Bonchev–Trinajstić information content (AvgIpc) is 3.50. The lowest BCUT2D eigenvalue weighted by atomic mass is 9.73. The second kappa shape index (κ2) is 8.80. The molecule has 0 aromatic heterocycles. The lowest BCUT2D eigenvalue weighted by Gasteiger charge is -2.40. The summed E-state index contributed by atoms with van der Waals surface area (Å²) < 4.78 is 40.6. The molecular weight excluding hydrogens is 442 g/mol. The Kier molecular flexibility index (Phi) is 6.09. The van der Waals surface area contributed by atoms with E-state index in [4.69, 9.17) is 14.6 Å². The van der Waals surface area contributed by atoms with Crippen LogP contribution in [0.3, 0.4) is 0 Å². The SMILES string of the molecule is CC1(Oc2ccc(C(=O)OC(C3CCCCC3)C(F)(F)C(=O)O)cc2)CC2C[C@H]1C1CCCC21. The molecule has 4 aliphatic carbocycles. The number of ether oxygens (including phenoxy) is 2. The Hall–Kier alpha value is -2.18. The number of hydrogen-bond donors (Lipinski definition) is 1. The third kappa shape index (κ3) is 4.09. The number of aliphatic carboxylic acids is 1. The van der Waals surface area contributed by atoms with Crippen LogP contribution in [0.2, 0.25) is 0 Å². The Balaban J connectivity index is 1.26. The molecular formula is C27H34F2O5. The second-order valence-corrected chi connectivity index (χ2v) is 11.2. The highest BCUT2D eigenvalue weighted by atomic mass is 19.3. The highest BCUT2D eigenvalue weighted by Gasteiger charge is 2.60. The van der Waals surface area contributed by atoms with Crippen molar-refractivity contribution in [1.82, 2.24) is 0 Å². The zero-order chi connectivity index (χ0) is 24.1. The van der Waals surface area contributed by atoms with Crippen molar-refractivity contribution in [3.63, 3.8) is 0 Å². The molecule has 7 heteroatoms. The minimum absolute atomic E-state index is 0.114. The first-order chi connectivity index (χ1) is 16.2. The van der Waals surface area contributed by atoms with Crippen LogP contribution in [-0.4, -0.2) is 34.7 Å². The van der Waals surface area contributed by atoms with E-state index in [0.717, 1.165) is 43.4 Å². The predicted molar refractivity (Wildman–Crippen MR) is 121 cm³/mol. The monoisotopic (exact) mass is 476 g/mol. The van der Waals surface area contributed by atoms with Crippen LogP contribution in [0.25, 0.3) is 0 Å². The Labute approximate surface area is 199 Å². The van der Waals surface area contributed by atoms with Crippen LogP contribution in [0, 0.1) is 29.6 Å². The van der Waals surface area contributed by atoms with Crippen molar-refractivity contribution in [1.29, 1.82) is 0 Å². The largest absolute Gasteiger partial charge is 0.487 e. The van der Waals surface area contributed by atoms with Crippen LogP contribution in [0.4, 0.5) is 8.78 Å². The van der Waals surface area contributed by atoms with E-state index in [1.165, 1.54) is 37.8 Å². The van der Waals surface area contributed by atoms with Gasteiger partial charge in [0.25, 0.3) is 0 Å². The Morgan fingerprint density at radius 2 is 1.71 bits per heavy atom. The number of fused-ring (bicyclic) bond motifs is 5. The summed E-state index contributed by atoms with van der Waals surface area (Å²) in [7, 11) is 0. The quantitative estimate of drug-likeness (QED) is 0.481. The fourth-order valence-corrected chi connectivity index (χ4v) is 7.64. The van der Waals surface area contributed by atoms with Gasteiger partial charge < -0.3 is 14.6 Å². The number of carboxylic acid groups (broad SMARTS) is 1. The molecule has 1 N–H and O–H groups in total. The van der Waals surface area contributed by atoms with E-state index in [0.29, 0.717) is 24.5 Å². The van der Waals surface area contributed by atoms with Crippen LogP contribution < -0.4 is 4.74 Å². The smallest absolute Gasteiger partial charge is 0.378 e. The van der Waals surface area contributed by atoms with Crippen LogP contribution in [-0.2, 0) is 9.53 Å². The molecule has 0 amide bonds. The first kappa shape index (κ1) is 23.6. The van der Waals surface area contributed by atoms with Gasteiger partial charge in [-0.2, -0.15) is 8.78 Å². The molecule has 4 aliphatic rings. The van der Waals surface area contributed by atoms with Crippen molar-refractivity contribution in [2.75, 3.05) is 0 Å². The van der Waals surface area contributed by atoms with Gasteiger partial charge in [0.2, 0.25) is 0 Å². The molecule has 1 aromatic rings. The van der Waals surface area contributed by atoms with Gasteiger partial charge in [-0.1, -0.05) is 25.7 Å². The maximum absolute atomic E-state index is 14.5. The van der Waals surface area contributed by atoms with Crippen molar-refractivity contribution in [2.45, 2.75) is 88.8 Å². The molecule has 5 unspecified atom stereocenters. The summed E-state index contributed by atoms with van der Waals surface area (Å²) in [5.41, 5.74) is -0.100. The Morgan fingerprint density at radius 1 is 1.03 bits per heavy atom. The highest BCUT2D eigenvalue weighted by Crippen LogP contribution is 2.63. The van der Waals surface area contributed by atoms with Gasteiger partial charge in [-0.3, -0.25) is 0 Å². The van der Waals surface area contributed by atoms with E-state index in [-0.39, 0.29) is 11.2 Å². The predicted octanol–water partition coefficient (Wildman–Crippen LogP) is 6.11. The number of hydrogen-bond acceptors (Lipinski definition) is 4. The first-order valence-electron chi connectivity index (χ1n) is 12.8. The fourth-order valence-electron chi connectivity index (χ4n) is 7.64. The van der Waals surface area contributed by atoms with Gasteiger partial charge in [-0.15, -0.1) is 0 Å². The summed E-state index contributed by atoms with van der Waals surface area (Å²) in [4.78, 5) is 24.0. The van der Waals surface area contributed by atoms with Crippen LogP contribution in [0.5, 0.6) is 5.75 Å². The maximum Gasteiger partial charge on any atom is 0.378 e. The molecule has 0 spiro atoms. The van der Waals surface area contributed by atoms with E-state index in [1.54, 1.807) is 12.1 Å². The molecule has 186 valence electrons. The van der Waals surface area contributed by atoms with Crippen LogP contribution >= 0.6 is 0 Å². The third-order valence-corrected chi connectivity index (χ3v) is 9.15. The first-order valence-corrected chi connectivity index (χ1v) is 12.8. The van der Waals surface area contributed by atoms with Gasteiger partial charge in [-0.25, -0.2) is 9.59 Å². The summed E-state index contributed by atoms with van der Waals surface area (Å²) >= 11 is 0. The van der Waals surface area contributed by atoms with Crippen molar-refractivity contribution in [3.8, 4) is 5.75 Å². The van der Waals surface area contributed by atoms with Crippen LogP contribution in [0.1, 0.15) is 81.5 Å². The molecule has 34 heavy (non-hydrogen) atoms. The molecule has 0 aliphatic heterocycles. The number of carbonyl (C=O) groups excluding carboxylic acids is 1. The molecule has 4 saturated carbocycles. The molecule has 6 atom stereocenters. The lowest BCUT2D eigenvalue weighted by Crippen LogP contribution is -2.48. The Morgan fingerprint density at radius 3 is 2.38 bits per heavy atom. The summed E-state index contributed by atoms with van der Waals surface area (Å²) in [6.45, 7) is 2.19. The van der Waals surface area contributed by atoms with Crippen molar-refractivity contribution in [2.24, 2.45) is 29.6 Å². The van der Waals surface area contributed by atoms with Gasteiger partial charge in [0.05, 0.1) is 5.56 Å². The van der Waals surface area contributed by atoms with E-state index in [2.05, 4.69) is 6.92 Å². The number of halogens is 2. The van der Waals surface area contributed by atoms with Gasteiger partial charge in [0.1, 0.15) is 11.4 Å². The number of alkyl halides is 2. The van der Waals surface area contributed by atoms with Crippen molar-refractivity contribution < 1.29 is 33.0 Å². The zero-order valence-electron chi connectivity index (χ0n) is 19.7. The molecule has 0 heterocycles. The van der Waals surface area contributed by atoms with Crippen molar-refractivity contribution >= 4 is 11.9 Å². The summed E-state index contributed by atoms with van der Waals surface area (Å²) in [6, 6.07) is 6.41. The Bertz CT molecular complexity index is 925. The fraction of sp³-hybridized carbons (Fsp3) is 0.704. The summed E-state index contributed by atoms with van der Waals surface area (Å²) in [6.07, 6.45) is 7.49. The molecule has 5 rings (SSSR count). The van der Waals surface area contributed by atoms with E-state index in [1.807, 2.05) is 0 Å². The number of benzene rings is 1. The van der Waals surface area contributed by atoms with Gasteiger partial charge in [0, 0.05) is 11.8 Å². The number of esters is 1. The molecule has 1 aromatic carbocycles. The molecule has 2 bridgehead atoms. The van der Waals surface area contributed by atoms with Crippen LogP contribution in [0.15, 0.2) is 24.3 Å². The van der Waals surface area contributed by atoms with Gasteiger partial charge >= 0.3 is 17.9 Å². The maximum atomic E-state index is 14.5. The van der Waals surface area contributed by atoms with E-state index in [9.17, 15) is 18.4 Å². The number of carboxylic acids is 1. The van der Waals surface area contributed by atoms with Crippen molar-refractivity contribution in [3.05, 3.63) is 29.8 Å². The molecule has 5 nitrogen and oxygen atoms in total. The normalized spacial score (nSPS) is 34.0. The summed E-state index contributed by atoms with van der Waals surface area (Å²) in [5.74, 6) is -4.41. The minimum atomic E-state index is -4.13. The standard InChI is InChI=1S/C27H34F2O5/c1-26(15-18-14-22(26)21-9-5-8-20(18)21)34-19-12-10-17(11-13-19)24(30)33-23(27(28,29)25(31)32)16-6-3-2-4-7-16/h10-13,16,18,20-23H,2-9,14-15H2,1H3,(H,31,32)/t18?,20?,21?,22-,23?,26?/m0/s1.